The minimum absolute atomic E-state index is 0.401. The predicted molar refractivity (Wildman–Crippen MR) is 112 cm³/mol. The Morgan fingerprint density at radius 1 is 0.926 bits per heavy atom. The molecule has 1 N–H and O–H groups in total. The first kappa shape index (κ1) is 19.9. The van der Waals surface area contributed by atoms with Crippen molar-refractivity contribution in [2.24, 2.45) is 0 Å². The largest absolute Gasteiger partial charge is 0.372 e. The average molecular weight is 387 g/mol. The molecule has 0 radical (unpaired) electrons. The van der Waals surface area contributed by atoms with Crippen LogP contribution in [0.3, 0.4) is 0 Å². The van der Waals surface area contributed by atoms with Crippen molar-refractivity contribution in [3.63, 3.8) is 0 Å². The van der Waals surface area contributed by atoms with Gasteiger partial charge in [-0.1, -0.05) is 29.8 Å². The first-order valence-corrected chi connectivity index (χ1v) is 11.3. The van der Waals surface area contributed by atoms with Crippen LogP contribution in [0.25, 0.3) is 0 Å². The molecule has 27 heavy (non-hydrogen) atoms. The Kier molecular flexibility index (Phi) is 6.22. The van der Waals surface area contributed by atoms with Gasteiger partial charge >= 0.3 is 0 Å². The van der Waals surface area contributed by atoms with E-state index in [4.69, 9.17) is 0 Å². The third-order valence-electron chi connectivity index (χ3n) is 5.24. The zero-order valence-electron chi connectivity index (χ0n) is 16.6. The summed E-state index contributed by atoms with van der Waals surface area (Å²) in [6.07, 6.45) is 4.54. The molecule has 2 aromatic carbocycles. The first-order valence-electron chi connectivity index (χ1n) is 9.78. The average Bonchev–Trinajstić information content (AvgIpc) is 2.62. The number of piperidine rings is 1. The van der Waals surface area contributed by atoms with E-state index in [0.29, 0.717) is 17.9 Å². The zero-order valence-corrected chi connectivity index (χ0v) is 17.4. The molecule has 1 heterocycles. The van der Waals surface area contributed by atoms with Crippen molar-refractivity contribution in [2.45, 2.75) is 51.3 Å². The summed E-state index contributed by atoms with van der Waals surface area (Å²) in [5.74, 6) is 0. The molecule has 0 amide bonds. The lowest BCUT2D eigenvalue weighted by atomic mass is 10.1. The quantitative estimate of drug-likeness (QED) is 0.812. The molecule has 4 nitrogen and oxygen atoms in total. The SMILES string of the molecule is Cc1cc(C)c(S(=O)(=O)NCCc2ccc(N3CCCCC3)cc2)c(C)c1. The number of rotatable bonds is 6. The van der Waals surface area contributed by atoms with Crippen molar-refractivity contribution in [3.8, 4) is 0 Å². The number of aryl methyl sites for hydroxylation is 3. The Labute approximate surface area is 163 Å². The van der Waals surface area contributed by atoms with Gasteiger partial charge in [-0.15, -0.1) is 0 Å². The van der Waals surface area contributed by atoms with Gasteiger partial charge in [0, 0.05) is 25.3 Å². The Morgan fingerprint density at radius 2 is 1.52 bits per heavy atom. The maximum Gasteiger partial charge on any atom is 0.241 e. The first-order chi connectivity index (χ1) is 12.9. The minimum Gasteiger partial charge on any atom is -0.372 e. The van der Waals surface area contributed by atoms with E-state index in [1.807, 2.05) is 32.9 Å². The van der Waals surface area contributed by atoms with Gasteiger partial charge in [-0.2, -0.15) is 0 Å². The van der Waals surface area contributed by atoms with Gasteiger partial charge in [0.05, 0.1) is 4.90 Å². The highest BCUT2D eigenvalue weighted by Crippen LogP contribution is 2.22. The van der Waals surface area contributed by atoms with Crippen molar-refractivity contribution in [3.05, 3.63) is 58.7 Å². The molecule has 1 aliphatic rings. The van der Waals surface area contributed by atoms with Crippen LogP contribution in [0.15, 0.2) is 41.3 Å². The monoisotopic (exact) mass is 386 g/mol. The lowest BCUT2D eigenvalue weighted by Gasteiger charge is -2.28. The van der Waals surface area contributed by atoms with E-state index in [-0.39, 0.29) is 0 Å². The third kappa shape index (κ3) is 4.90. The van der Waals surface area contributed by atoms with Gasteiger partial charge in [-0.25, -0.2) is 13.1 Å². The molecule has 1 aliphatic heterocycles. The number of anilines is 1. The standard InChI is InChI=1S/C22H30N2O2S/c1-17-15-18(2)22(19(3)16-17)27(25,26)23-12-11-20-7-9-21(10-8-20)24-13-5-4-6-14-24/h7-10,15-16,23H,4-6,11-14H2,1-3H3. The molecule has 146 valence electrons. The van der Waals surface area contributed by atoms with E-state index < -0.39 is 10.0 Å². The van der Waals surface area contributed by atoms with Crippen molar-refractivity contribution in [2.75, 3.05) is 24.5 Å². The van der Waals surface area contributed by atoms with E-state index in [2.05, 4.69) is 33.9 Å². The second kappa shape index (κ2) is 8.44. The highest BCUT2D eigenvalue weighted by molar-refractivity contribution is 7.89. The van der Waals surface area contributed by atoms with Crippen LogP contribution in [0, 0.1) is 20.8 Å². The number of benzene rings is 2. The number of nitrogens with zero attached hydrogens (tertiary/aromatic N) is 1. The van der Waals surface area contributed by atoms with Crippen molar-refractivity contribution in [1.82, 2.24) is 4.72 Å². The van der Waals surface area contributed by atoms with Crippen LogP contribution in [-0.2, 0) is 16.4 Å². The fraction of sp³-hybridized carbons (Fsp3) is 0.455. The van der Waals surface area contributed by atoms with Crippen molar-refractivity contribution >= 4 is 15.7 Å². The summed E-state index contributed by atoms with van der Waals surface area (Å²) >= 11 is 0. The molecule has 1 fully saturated rings. The summed E-state index contributed by atoms with van der Waals surface area (Å²) in [4.78, 5) is 2.84. The van der Waals surface area contributed by atoms with Gasteiger partial charge in [0.1, 0.15) is 0 Å². The molecule has 5 heteroatoms. The van der Waals surface area contributed by atoms with E-state index in [1.165, 1.54) is 24.9 Å². The van der Waals surface area contributed by atoms with Crippen LogP contribution < -0.4 is 9.62 Å². The van der Waals surface area contributed by atoms with Gasteiger partial charge in [0.15, 0.2) is 0 Å². The molecule has 2 aromatic rings. The Hall–Kier alpha value is -1.85. The fourth-order valence-corrected chi connectivity index (χ4v) is 5.50. The van der Waals surface area contributed by atoms with Crippen LogP contribution in [0.5, 0.6) is 0 Å². The van der Waals surface area contributed by atoms with Gasteiger partial charge in [-0.05, 0) is 75.3 Å². The molecule has 0 unspecified atom stereocenters. The van der Waals surface area contributed by atoms with E-state index in [9.17, 15) is 8.42 Å². The maximum absolute atomic E-state index is 12.7. The second-order valence-corrected chi connectivity index (χ2v) is 9.29. The molecular formula is C22H30N2O2S. The normalized spacial score (nSPS) is 15.1. The molecule has 0 aromatic heterocycles. The highest BCUT2D eigenvalue weighted by atomic mass is 32.2. The van der Waals surface area contributed by atoms with E-state index in [0.717, 1.165) is 35.3 Å². The topological polar surface area (TPSA) is 49.4 Å². The molecule has 0 spiro atoms. The molecule has 0 saturated carbocycles. The molecule has 1 saturated heterocycles. The van der Waals surface area contributed by atoms with Gasteiger partial charge in [0.25, 0.3) is 0 Å². The highest BCUT2D eigenvalue weighted by Gasteiger charge is 2.19. The summed E-state index contributed by atoms with van der Waals surface area (Å²) in [5, 5.41) is 0. The number of nitrogens with one attached hydrogen (secondary N) is 1. The fourth-order valence-electron chi connectivity index (χ4n) is 4.02. The number of hydrogen-bond donors (Lipinski definition) is 1. The summed E-state index contributed by atoms with van der Waals surface area (Å²) < 4.78 is 28.2. The van der Waals surface area contributed by atoms with Crippen LogP contribution >= 0.6 is 0 Å². The van der Waals surface area contributed by atoms with Crippen molar-refractivity contribution < 1.29 is 8.42 Å². The van der Waals surface area contributed by atoms with Crippen molar-refractivity contribution in [1.29, 1.82) is 0 Å². The maximum atomic E-state index is 12.7. The van der Waals surface area contributed by atoms with Gasteiger partial charge in [0.2, 0.25) is 10.0 Å². The van der Waals surface area contributed by atoms with Gasteiger partial charge < -0.3 is 4.90 Å². The van der Waals surface area contributed by atoms with Crippen LogP contribution in [0.2, 0.25) is 0 Å². The molecule has 0 bridgehead atoms. The molecule has 0 atom stereocenters. The number of sulfonamides is 1. The Bertz CT molecular complexity index is 860. The molecular weight excluding hydrogens is 356 g/mol. The Morgan fingerprint density at radius 3 is 2.11 bits per heavy atom. The van der Waals surface area contributed by atoms with Crippen LogP contribution in [0.1, 0.15) is 41.5 Å². The molecule has 0 aliphatic carbocycles. The summed E-state index contributed by atoms with van der Waals surface area (Å²) in [6.45, 7) is 8.36. The third-order valence-corrected chi connectivity index (χ3v) is 7.00. The summed E-state index contributed by atoms with van der Waals surface area (Å²) in [6, 6.07) is 12.4. The number of hydrogen-bond acceptors (Lipinski definition) is 3. The minimum atomic E-state index is -3.49. The summed E-state index contributed by atoms with van der Waals surface area (Å²) in [5.41, 5.74) is 5.09. The predicted octanol–water partition coefficient (Wildman–Crippen LogP) is 4.12. The van der Waals surface area contributed by atoms with E-state index in [1.54, 1.807) is 0 Å². The summed E-state index contributed by atoms with van der Waals surface area (Å²) in [7, 11) is -3.49. The lowest BCUT2D eigenvalue weighted by Crippen LogP contribution is -2.29. The zero-order chi connectivity index (χ0) is 19.4. The smallest absolute Gasteiger partial charge is 0.241 e. The van der Waals surface area contributed by atoms with Crippen LogP contribution in [-0.4, -0.2) is 28.1 Å². The lowest BCUT2D eigenvalue weighted by molar-refractivity contribution is 0.577. The molecule has 3 rings (SSSR count). The van der Waals surface area contributed by atoms with Gasteiger partial charge in [-0.3, -0.25) is 0 Å². The second-order valence-electron chi connectivity index (χ2n) is 7.59. The van der Waals surface area contributed by atoms with E-state index >= 15 is 0 Å². The van der Waals surface area contributed by atoms with Crippen LogP contribution in [0.4, 0.5) is 5.69 Å². The Balaban J connectivity index is 1.60.